The summed E-state index contributed by atoms with van der Waals surface area (Å²) in [4.78, 5) is 40.3. The van der Waals surface area contributed by atoms with Crippen molar-refractivity contribution < 1.29 is 28.2 Å². The van der Waals surface area contributed by atoms with E-state index in [-0.39, 0.29) is 17.1 Å². The van der Waals surface area contributed by atoms with Crippen LogP contribution in [0.2, 0.25) is 0 Å². The van der Waals surface area contributed by atoms with Gasteiger partial charge in [0.25, 0.3) is 5.91 Å². The summed E-state index contributed by atoms with van der Waals surface area (Å²) in [6.07, 6.45) is 2.53. The van der Waals surface area contributed by atoms with Gasteiger partial charge in [-0.15, -0.1) is 0 Å². The van der Waals surface area contributed by atoms with E-state index >= 15 is 0 Å². The minimum atomic E-state index is -3.30. The molecule has 0 bridgehead atoms. The van der Waals surface area contributed by atoms with E-state index in [0.717, 1.165) is 18.0 Å². The minimum Gasteiger partial charge on any atom is -0.503 e. The second-order valence-electron chi connectivity index (χ2n) is 7.75. The summed E-state index contributed by atoms with van der Waals surface area (Å²) in [5, 5.41) is 19.5. The molecule has 10 nitrogen and oxygen atoms in total. The normalized spacial score (nSPS) is 19.1. The van der Waals surface area contributed by atoms with Crippen molar-refractivity contribution in [1.29, 1.82) is 0 Å². The molecule has 3 heterocycles. The van der Waals surface area contributed by atoms with Crippen LogP contribution in [0.15, 0.2) is 40.2 Å². The van der Waals surface area contributed by atoms with Gasteiger partial charge in [0.15, 0.2) is 21.3 Å². The number of carboxylic acid groups (broad SMARTS) is 1. The zero-order valence-electron chi connectivity index (χ0n) is 16.7. The van der Waals surface area contributed by atoms with Gasteiger partial charge in [-0.25, -0.2) is 13.2 Å². The number of sulfone groups is 1. The number of nitrogens with zero attached hydrogens (tertiary/aromatic N) is 3. The first-order chi connectivity index (χ1) is 14.6. The number of rotatable bonds is 4. The maximum Gasteiger partial charge on any atom is 0.341 e. The summed E-state index contributed by atoms with van der Waals surface area (Å²) in [5.74, 6) is -2.85. The number of carbonyl (C=O) groups is 2. The van der Waals surface area contributed by atoms with Gasteiger partial charge in [0.1, 0.15) is 11.7 Å². The van der Waals surface area contributed by atoms with Crippen LogP contribution >= 0.6 is 0 Å². The van der Waals surface area contributed by atoms with Gasteiger partial charge in [-0.05, 0) is 24.1 Å². The molecule has 2 N–H and O–H groups in total. The third-order valence-electron chi connectivity index (χ3n) is 5.67. The molecule has 31 heavy (non-hydrogen) atoms. The number of carboxylic acids is 1. The van der Waals surface area contributed by atoms with Gasteiger partial charge < -0.3 is 19.7 Å². The molecule has 0 radical (unpaired) electrons. The third kappa shape index (κ3) is 3.70. The monoisotopic (exact) mass is 447 g/mol. The Morgan fingerprint density at radius 3 is 2.45 bits per heavy atom. The number of hydrogen-bond acceptors (Lipinski definition) is 7. The first-order valence-electron chi connectivity index (χ1n) is 9.61. The van der Waals surface area contributed by atoms with Crippen LogP contribution in [-0.2, 0) is 22.9 Å². The van der Waals surface area contributed by atoms with Gasteiger partial charge in [-0.2, -0.15) is 0 Å². The maximum atomic E-state index is 13.0. The van der Waals surface area contributed by atoms with Crippen molar-refractivity contribution in [1.82, 2.24) is 14.4 Å². The van der Waals surface area contributed by atoms with Gasteiger partial charge in [-0.3, -0.25) is 14.5 Å². The van der Waals surface area contributed by atoms with E-state index in [0.29, 0.717) is 26.1 Å². The Hall–Kier alpha value is -3.18. The maximum absolute atomic E-state index is 13.0. The van der Waals surface area contributed by atoms with E-state index in [1.54, 1.807) is 17.0 Å². The van der Waals surface area contributed by atoms with E-state index in [1.165, 1.54) is 16.7 Å². The molecule has 1 atom stereocenters. The highest BCUT2D eigenvalue weighted by molar-refractivity contribution is 7.90. The summed E-state index contributed by atoms with van der Waals surface area (Å²) in [7, 11) is -3.30. The van der Waals surface area contributed by atoms with E-state index in [1.807, 2.05) is 4.90 Å². The van der Waals surface area contributed by atoms with Crippen LogP contribution in [0.4, 0.5) is 0 Å². The predicted molar refractivity (Wildman–Crippen MR) is 109 cm³/mol. The number of amides is 1. The fourth-order valence-electron chi connectivity index (χ4n) is 4.13. The quantitative estimate of drug-likeness (QED) is 0.685. The minimum absolute atomic E-state index is 0.191. The molecule has 2 aliphatic rings. The summed E-state index contributed by atoms with van der Waals surface area (Å²) >= 11 is 0. The largest absolute Gasteiger partial charge is 0.503 e. The van der Waals surface area contributed by atoms with Crippen molar-refractivity contribution in [3.63, 3.8) is 0 Å². The Morgan fingerprint density at radius 2 is 1.84 bits per heavy atom. The summed E-state index contributed by atoms with van der Waals surface area (Å²) in [5.41, 5.74) is -1.02. The zero-order chi connectivity index (χ0) is 22.5. The number of benzene rings is 1. The molecular formula is C20H21N3O7S. The molecule has 0 aliphatic carbocycles. The van der Waals surface area contributed by atoms with Crippen LogP contribution in [0.5, 0.6) is 5.75 Å². The Kier molecular flexibility index (Phi) is 5.10. The first-order valence-corrected chi connectivity index (χ1v) is 11.5. The Bertz CT molecular complexity index is 1230. The smallest absolute Gasteiger partial charge is 0.341 e. The molecule has 4 rings (SSSR count). The van der Waals surface area contributed by atoms with Crippen molar-refractivity contribution in [3.05, 3.63) is 57.5 Å². The molecule has 11 heteroatoms. The lowest BCUT2D eigenvalue weighted by atomic mass is 10.1. The van der Waals surface area contributed by atoms with Crippen molar-refractivity contribution in [2.24, 2.45) is 0 Å². The van der Waals surface area contributed by atoms with Crippen LogP contribution in [0, 0.1) is 0 Å². The number of fused-ring (bicyclic) bond motifs is 2. The predicted octanol–water partition coefficient (Wildman–Crippen LogP) is 0.343. The number of aromatic carboxylic acids is 1. The number of aromatic hydroxyl groups is 1. The molecule has 0 spiro atoms. The van der Waals surface area contributed by atoms with Crippen molar-refractivity contribution in [3.8, 4) is 5.75 Å². The van der Waals surface area contributed by atoms with Crippen LogP contribution in [-0.4, -0.2) is 70.4 Å². The lowest BCUT2D eigenvalue weighted by Gasteiger charge is -2.47. The molecule has 2 aromatic rings. The summed E-state index contributed by atoms with van der Waals surface area (Å²) in [6.45, 7) is 1.76. The zero-order valence-corrected chi connectivity index (χ0v) is 17.5. The molecule has 1 unspecified atom stereocenters. The molecular weight excluding hydrogens is 426 g/mol. The lowest BCUT2D eigenvalue weighted by Crippen LogP contribution is -2.60. The van der Waals surface area contributed by atoms with Crippen LogP contribution in [0.25, 0.3) is 0 Å². The van der Waals surface area contributed by atoms with Gasteiger partial charge >= 0.3 is 5.97 Å². The third-order valence-corrected chi connectivity index (χ3v) is 6.80. The van der Waals surface area contributed by atoms with Gasteiger partial charge in [-0.1, -0.05) is 12.1 Å². The molecule has 1 saturated heterocycles. The highest BCUT2D eigenvalue weighted by Crippen LogP contribution is 2.29. The van der Waals surface area contributed by atoms with Gasteiger partial charge in [0, 0.05) is 32.1 Å². The molecule has 164 valence electrons. The number of hydrogen-bond donors (Lipinski definition) is 2. The second-order valence-corrected chi connectivity index (χ2v) is 9.76. The van der Waals surface area contributed by atoms with Crippen molar-refractivity contribution in [2.75, 3.05) is 19.3 Å². The number of aromatic nitrogens is 1. The van der Waals surface area contributed by atoms with Gasteiger partial charge in [0.05, 0.1) is 11.4 Å². The van der Waals surface area contributed by atoms with Crippen LogP contribution in [0.1, 0.15) is 32.8 Å². The highest BCUT2D eigenvalue weighted by atomic mass is 32.2. The standard InChI is InChI=1S/C20H21N3O7S/c1-31(29,30)13-5-3-12(4-6-13)9-21-7-2-8-23-15(21)11-22-10-14(20(27)28)17(24)18(25)16(22)19(23)26/h3-6,10,15,25H,2,7-9,11H2,1H3,(H,27,28). The Balaban J connectivity index is 1.66. The number of carbonyl (C=O) groups excluding carboxylic acids is 1. The van der Waals surface area contributed by atoms with E-state index in [9.17, 15) is 33.0 Å². The number of pyridine rings is 1. The highest BCUT2D eigenvalue weighted by Gasteiger charge is 2.40. The van der Waals surface area contributed by atoms with Crippen molar-refractivity contribution in [2.45, 2.75) is 30.6 Å². The average Bonchev–Trinajstić information content (AvgIpc) is 2.70. The van der Waals surface area contributed by atoms with E-state index in [4.69, 9.17) is 0 Å². The fourth-order valence-corrected chi connectivity index (χ4v) is 4.76. The molecule has 0 saturated carbocycles. The summed E-state index contributed by atoms with van der Waals surface area (Å²) < 4.78 is 24.6. The first kappa shape index (κ1) is 21.1. The van der Waals surface area contributed by atoms with Crippen LogP contribution < -0.4 is 5.43 Å². The fraction of sp³-hybridized carbons (Fsp3) is 0.350. The van der Waals surface area contributed by atoms with E-state index < -0.39 is 44.6 Å². The van der Waals surface area contributed by atoms with E-state index in [2.05, 4.69) is 0 Å². The Morgan fingerprint density at radius 1 is 1.16 bits per heavy atom. The molecule has 1 aromatic heterocycles. The second kappa shape index (κ2) is 7.50. The Labute approximate surface area is 177 Å². The van der Waals surface area contributed by atoms with Crippen LogP contribution in [0.3, 0.4) is 0 Å². The molecule has 2 aliphatic heterocycles. The average molecular weight is 447 g/mol. The van der Waals surface area contributed by atoms with Gasteiger partial charge in [0.2, 0.25) is 5.43 Å². The lowest BCUT2D eigenvalue weighted by molar-refractivity contribution is -0.0140. The van der Waals surface area contributed by atoms with Crippen molar-refractivity contribution >= 4 is 21.7 Å². The molecule has 1 fully saturated rings. The topological polar surface area (TPSA) is 137 Å². The molecule has 1 amide bonds. The molecule has 1 aromatic carbocycles. The SMILES string of the molecule is CS(=O)(=O)c1ccc(CN2CCCN3C(=O)c4c(O)c(=O)c(C(=O)O)cn4CC23)cc1. The summed E-state index contributed by atoms with van der Waals surface area (Å²) in [6, 6.07) is 6.52.